The Morgan fingerprint density at radius 2 is 1.93 bits per heavy atom. The molecular formula is C10H11ClN2S. The van der Waals surface area contributed by atoms with Gasteiger partial charge in [-0.05, 0) is 29.1 Å². The molecule has 2 nitrogen and oxygen atoms in total. The minimum atomic E-state index is -0.0111. The number of pyridine rings is 1. The zero-order valence-corrected chi connectivity index (χ0v) is 9.09. The molecule has 0 aliphatic carbocycles. The van der Waals surface area contributed by atoms with Gasteiger partial charge in [0, 0.05) is 17.3 Å². The summed E-state index contributed by atoms with van der Waals surface area (Å²) in [5.41, 5.74) is 7.15. The molecule has 0 fully saturated rings. The first kappa shape index (κ1) is 11.2. The molecule has 14 heavy (non-hydrogen) atoms. The standard InChI is InChI=1S/C10H10N2S.ClH/c11-10(9-2-1-7-13-9)8-3-5-12-6-4-8;/h1-7,10H,11H2;1H/t10-;/m0./s1. The summed E-state index contributed by atoms with van der Waals surface area (Å²) in [4.78, 5) is 5.14. The van der Waals surface area contributed by atoms with Crippen LogP contribution in [0, 0.1) is 0 Å². The molecule has 74 valence electrons. The minimum absolute atomic E-state index is 0. The van der Waals surface area contributed by atoms with E-state index in [1.807, 2.05) is 23.6 Å². The number of aromatic nitrogens is 1. The van der Waals surface area contributed by atoms with Gasteiger partial charge in [-0.15, -0.1) is 23.7 Å². The number of rotatable bonds is 2. The summed E-state index contributed by atoms with van der Waals surface area (Å²) < 4.78 is 0. The highest BCUT2D eigenvalue weighted by Crippen LogP contribution is 2.22. The fraction of sp³-hybridized carbons (Fsp3) is 0.100. The van der Waals surface area contributed by atoms with Crippen LogP contribution in [0.5, 0.6) is 0 Å². The third-order valence-corrected chi connectivity index (χ3v) is 2.87. The Kier molecular flexibility index (Phi) is 4.07. The van der Waals surface area contributed by atoms with Gasteiger partial charge in [-0.1, -0.05) is 6.07 Å². The lowest BCUT2D eigenvalue weighted by Crippen LogP contribution is -2.09. The summed E-state index contributed by atoms with van der Waals surface area (Å²) >= 11 is 1.68. The first-order chi connectivity index (χ1) is 6.38. The second-order valence-corrected chi connectivity index (χ2v) is 3.75. The highest BCUT2D eigenvalue weighted by atomic mass is 35.5. The molecule has 2 rings (SSSR count). The lowest BCUT2D eigenvalue weighted by molar-refractivity contribution is 0.889. The largest absolute Gasteiger partial charge is 0.320 e. The fourth-order valence-electron chi connectivity index (χ4n) is 1.20. The van der Waals surface area contributed by atoms with Crippen LogP contribution in [0.15, 0.2) is 42.0 Å². The van der Waals surface area contributed by atoms with Crippen molar-refractivity contribution in [2.75, 3.05) is 0 Å². The zero-order chi connectivity index (χ0) is 9.10. The van der Waals surface area contributed by atoms with Gasteiger partial charge in [0.25, 0.3) is 0 Å². The van der Waals surface area contributed by atoms with E-state index in [9.17, 15) is 0 Å². The summed E-state index contributed by atoms with van der Waals surface area (Å²) in [6.07, 6.45) is 3.53. The Balaban J connectivity index is 0.000000980. The molecule has 0 spiro atoms. The summed E-state index contributed by atoms with van der Waals surface area (Å²) in [5, 5.41) is 2.04. The van der Waals surface area contributed by atoms with Gasteiger partial charge < -0.3 is 5.73 Å². The van der Waals surface area contributed by atoms with E-state index in [1.54, 1.807) is 23.7 Å². The predicted octanol–water partition coefficient (Wildman–Crippen LogP) is 2.61. The Bertz CT molecular complexity index is 361. The number of nitrogens with two attached hydrogens (primary N) is 1. The molecule has 2 aromatic heterocycles. The van der Waals surface area contributed by atoms with Crippen LogP contribution < -0.4 is 5.73 Å². The molecular weight excluding hydrogens is 216 g/mol. The van der Waals surface area contributed by atoms with Gasteiger partial charge in [0.1, 0.15) is 0 Å². The molecule has 4 heteroatoms. The van der Waals surface area contributed by atoms with Crippen molar-refractivity contribution in [3.63, 3.8) is 0 Å². The Hall–Kier alpha value is -0.900. The smallest absolute Gasteiger partial charge is 0.0647 e. The maximum absolute atomic E-state index is 6.04. The minimum Gasteiger partial charge on any atom is -0.320 e. The molecule has 1 atom stereocenters. The van der Waals surface area contributed by atoms with Crippen LogP contribution in [0.2, 0.25) is 0 Å². The first-order valence-corrected chi connectivity index (χ1v) is 4.95. The highest BCUT2D eigenvalue weighted by Gasteiger charge is 2.08. The maximum atomic E-state index is 6.04. The van der Waals surface area contributed by atoms with Crippen molar-refractivity contribution in [2.24, 2.45) is 5.73 Å². The van der Waals surface area contributed by atoms with Gasteiger partial charge in [0.05, 0.1) is 6.04 Å². The van der Waals surface area contributed by atoms with E-state index in [0.717, 1.165) is 5.56 Å². The Morgan fingerprint density at radius 1 is 1.21 bits per heavy atom. The number of thiophene rings is 1. The predicted molar refractivity (Wildman–Crippen MR) is 61.8 cm³/mol. The number of hydrogen-bond donors (Lipinski definition) is 1. The molecule has 2 heterocycles. The van der Waals surface area contributed by atoms with Crippen LogP contribution in [0.25, 0.3) is 0 Å². The molecule has 0 bridgehead atoms. The van der Waals surface area contributed by atoms with Crippen molar-refractivity contribution in [2.45, 2.75) is 6.04 Å². The van der Waals surface area contributed by atoms with Gasteiger partial charge in [0.2, 0.25) is 0 Å². The van der Waals surface area contributed by atoms with Crippen LogP contribution in [-0.4, -0.2) is 4.98 Å². The molecule has 0 amide bonds. The topological polar surface area (TPSA) is 38.9 Å². The zero-order valence-electron chi connectivity index (χ0n) is 7.46. The third kappa shape index (κ3) is 2.32. The van der Waals surface area contributed by atoms with Gasteiger partial charge >= 0.3 is 0 Å². The second kappa shape index (κ2) is 5.10. The molecule has 0 aliphatic rings. The molecule has 0 aliphatic heterocycles. The molecule has 0 unspecified atom stereocenters. The van der Waals surface area contributed by atoms with Crippen molar-refractivity contribution in [1.29, 1.82) is 0 Å². The average Bonchev–Trinajstić information content (AvgIpc) is 2.71. The van der Waals surface area contributed by atoms with Crippen molar-refractivity contribution in [3.8, 4) is 0 Å². The summed E-state index contributed by atoms with van der Waals surface area (Å²) in [7, 11) is 0. The Morgan fingerprint density at radius 3 is 2.50 bits per heavy atom. The van der Waals surface area contributed by atoms with Crippen molar-refractivity contribution < 1.29 is 0 Å². The van der Waals surface area contributed by atoms with Gasteiger partial charge in [-0.25, -0.2) is 0 Å². The average molecular weight is 227 g/mol. The van der Waals surface area contributed by atoms with Crippen molar-refractivity contribution >= 4 is 23.7 Å². The SMILES string of the molecule is Cl.N[C@@H](c1ccncc1)c1cccs1. The second-order valence-electron chi connectivity index (χ2n) is 2.77. The molecule has 0 saturated heterocycles. The normalized spacial score (nSPS) is 11.8. The molecule has 0 radical (unpaired) electrons. The summed E-state index contributed by atoms with van der Waals surface area (Å²) in [6, 6.07) is 7.95. The van der Waals surface area contributed by atoms with E-state index >= 15 is 0 Å². The monoisotopic (exact) mass is 226 g/mol. The van der Waals surface area contributed by atoms with Gasteiger partial charge in [0.15, 0.2) is 0 Å². The van der Waals surface area contributed by atoms with Crippen molar-refractivity contribution in [3.05, 3.63) is 52.5 Å². The number of nitrogens with zero attached hydrogens (tertiary/aromatic N) is 1. The lowest BCUT2D eigenvalue weighted by Gasteiger charge is -2.08. The van der Waals surface area contributed by atoms with Crippen LogP contribution in [0.3, 0.4) is 0 Å². The van der Waals surface area contributed by atoms with E-state index in [2.05, 4.69) is 11.1 Å². The maximum Gasteiger partial charge on any atom is 0.0647 e. The first-order valence-electron chi connectivity index (χ1n) is 4.07. The molecule has 2 aromatic rings. The lowest BCUT2D eigenvalue weighted by atomic mass is 10.1. The van der Waals surface area contributed by atoms with Gasteiger partial charge in [-0.3, -0.25) is 4.98 Å². The van der Waals surface area contributed by atoms with E-state index in [4.69, 9.17) is 5.73 Å². The Labute approximate surface area is 93.2 Å². The fourth-order valence-corrected chi connectivity index (χ4v) is 1.96. The van der Waals surface area contributed by atoms with E-state index in [-0.39, 0.29) is 18.4 Å². The molecule has 2 N–H and O–H groups in total. The van der Waals surface area contributed by atoms with Crippen LogP contribution in [0.4, 0.5) is 0 Å². The summed E-state index contributed by atoms with van der Waals surface area (Å²) in [6.45, 7) is 0. The van der Waals surface area contributed by atoms with E-state index in [0.29, 0.717) is 0 Å². The van der Waals surface area contributed by atoms with E-state index in [1.165, 1.54) is 4.88 Å². The van der Waals surface area contributed by atoms with Crippen LogP contribution in [0.1, 0.15) is 16.5 Å². The van der Waals surface area contributed by atoms with Crippen molar-refractivity contribution in [1.82, 2.24) is 4.98 Å². The highest BCUT2D eigenvalue weighted by molar-refractivity contribution is 7.10. The summed E-state index contributed by atoms with van der Waals surface area (Å²) in [5.74, 6) is 0. The number of halogens is 1. The quantitative estimate of drug-likeness (QED) is 0.855. The van der Waals surface area contributed by atoms with E-state index < -0.39 is 0 Å². The molecule has 0 saturated carbocycles. The number of hydrogen-bond acceptors (Lipinski definition) is 3. The van der Waals surface area contributed by atoms with Crippen LogP contribution >= 0.6 is 23.7 Å². The van der Waals surface area contributed by atoms with Crippen LogP contribution in [-0.2, 0) is 0 Å². The molecule has 0 aromatic carbocycles. The third-order valence-electron chi connectivity index (χ3n) is 1.91. The van der Waals surface area contributed by atoms with Gasteiger partial charge in [-0.2, -0.15) is 0 Å².